The second-order valence-electron chi connectivity index (χ2n) is 12.0. The molecular formula is C27H45N3O19. The molecule has 3 rings (SSSR count). The van der Waals surface area contributed by atoms with E-state index in [0.29, 0.717) is 0 Å². The Hall–Kier alpha value is -2.68. The Morgan fingerprint density at radius 2 is 1.39 bits per heavy atom. The topological polar surface area (TPSA) is 353 Å². The van der Waals surface area contributed by atoms with Crippen molar-refractivity contribution in [1.82, 2.24) is 16.0 Å². The van der Waals surface area contributed by atoms with Crippen molar-refractivity contribution in [3.63, 3.8) is 0 Å². The van der Waals surface area contributed by atoms with Crippen LogP contribution in [0.25, 0.3) is 0 Å². The fourth-order valence-corrected chi connectivity index (χ4v) is 5.86. The molecule has 0 aliphatic carbocycles. The maximum atomic E-state index is 12.5. The van der Waals surface area contributed by atoms with E-state index in [0.717, 1.165) is 20.8 Å². The van der Waals surface area contributed by atoms with Gasteiger partial charge in [0.15, 0.2) is 12.6 Å². The Morgan fingerprint density at radius 1 is 0.816 bits per heavy atom. The fourth-order valence-electron chi connectivity index (χ4n) is 5.86. The summed E-state index contributed by atoms with van der Waals surface area (Å²) in [5, 5.41) is 111. The van der Waals surface area contributed by atoms with E-state index in [1.54, 1.807) is 0 Å². The van der Waals surface area contributed by atoms with Crippen molar-refractivity contribution in [3.05, 3.63) is 0 Å². The molecule has 3 aliphatic heterocycles. The van der Waals surface area contributed by atoms with E-state index in [-0.39, 0.29) is 0 Å². The van der Waals surface area contributed by atoms with Gasteiger partial charge in [-0.25, -0.2) is 4.79 Å². The van der Waals surface area contributed by atoms with Gasteiger partial charge in [0.2, 0.25) is 17.7 Å². The van der Waals surface area contributed by atoms with E-state index >= 15 is 0 Å². The number of rotatable bonds is 13. The summed E-state index contributed by atoms with van der Waals surface area (Å²) >= 11 is 0. The second-order valence-corrected chi connectivity index (χ2v) is 12.0. The lowest BCUT2D eigenvalue weighted by Gasteiger charge is -2.49. The Balaban J connectivity index is 1.92. The number of hydrogen-bond acceptors (Lipinski definition) is 18. The molecule has 0 aromatic rings. The van der Waals surface area contributed by atoms with Crippen molar-refractivity contribution < 1.29 is 93.9 Å². The zero-order chi connectivity index (χ0) is 37.0. The monoisotopic (exact) mass is 715 g/mol. The number of aliphatic hydroxyl groups excluding tert-OH is 9. The van der Waals surface area contributed by atoms with Gasteiger partial charge in [0, 0.05) is 27.2 Å². The normalized spacial score (nSPS) is 40.9. The SMILES string of the molecule is CC(=O)N[C@@H]1[C@@H](O[C@H]2O[C@H](CO)[C@H](O)[C@H](O)[C@H]2NC(C)=O)[C@@H](O)[C@@H](CO[C@]2(C(=O)O)C[C@H](O)[C@@H](NC(C)=O)[C@H]([C@H](O)[C@H](O)CO)O2)O[C@H]1O. The quantitative estimate of drug-likeness (QED) is 0.0842. The number of carboxylic acids is 1. The van der Waals surface area contributed by atoms with Gasteiger partial charge in [0.25, 0.3) is 5.79 Å². The van der Waals surface area contributed by atoms with Gasteiger partial charge in [-0.2, -0.15) is 0 Å². The minimum absolute atomic E-state index is 0.711. The number of amides is 3. The van der Waals surface area contributed by atoms with Gasteiger partial charge in [-0.15, -0.1) is 0 Å². The molecule has 0 radical (unpaired) electrons. The van der Waals surface area contributed by atoms with Crippen LogP contribution in [0, 0.1) is 0 Å². The Kier molecular flexibility index (Phi) is 14.2. The van der Waals surface area contributed by atoms with E-state index < -0.39 is 147 Å². The third kappa shape index (κ3) is 9.36. The van der Waals surface area contributed by atoms with E-state index in [9.17, 15) is 70.2 Å². The highest BCUT2D eigenvalue weighted by atomic mass is 16.7. The Morgan fingerprint density at radius 3 is 1.92 bits per heavy atom. The molecule has 3 heterocycles. The molecule has 49 heavy (non-hydrogen) atoms. The van der Waals surface area contributed by atoms with Crippen LogP contribution in [0.3, 0.4) is 0 Å². The summed E-state index contributed by atoms with van der Waals surface area (Å²) in [6.07, 6.45) is -22.7. The van der Waals surface area contributed by atoms with Crippen LogP contribution >= 0.6 is 0 Å². The lowest BCUT2D eigenvalue weighted by Crippen LogP contribution is -2.70. The maximum Gasteiger partial charge on any atom is 0.364 e. The van der Waals surface area contributed by atoms with Gasteiger partial charge < -0.3 is 90.7 Å². The predicted octanol–water partition coefficient (Wildman–Crippen LogP) is -7.94. The first-order valence-corrected chi connectivity index (χ1v) is 15.2. The number of nitrogens with one attached hydrogen (secondary N) is 3. The number of ether oxygens (including phenoxy) is 5. The molecule has 3 aliphatic rings. The zero-order valence-corrected chi connectivity index (χ0v) is 26.6. The first kappa shape index (κ1) is 40.7. The highest BCUT2D eigenvalue weighted by molar-refractivity contribution is 5.76. The van der Waals surface area contributed by atoms with Crippen molar-refractivity contribution >= 4 is 23.7 Å². The maximum absolute atomic E-state index is 12.5. The van der Waals surface area contributed by atoms with Crippen molar-refractivity contribution in [2.45, 2.75) is 125 Å². The number of aliphatic hydroxyl groups is 9. The van der Waals surface area contributed by atoms with Gasteiger partial charge >= 0.3 is 5.97 Å². The van der Waals surface area contributed by atoms with Gasteiger partial charge in [0.1, 0.15) is 67.0 Å². The van der Waals surface area contributed by atoms with Gasteiger partial charge in [-0.3, -0.25) is 14.4 Å². The molecule has 22 nitrogen and oxygen atoms in total. The minimum atomic E-state index is -2.86. The second kappa shape index (κ2) is 17.0. The molecule has 3 amide bonds. The van der Waals surface area contributed by atoms with Crippen LogP contribution in [-0.4, -0.2) is 192 Å². The molecule has 0 unspecified atom stereocenters. The van der Waals surface area contributed by atoms with E-state index in [1.807, 2.05) is 0 Å². The molecule has 0 aromatic heterocycles. The van der Waals surface area contributed by atoms with Crippen LogP contribution in [-0.2, 0) is 42.9 Å². The first-order valence-electron chi connectivity index (χ1n) is 15.2. The van der Waals surface area contributed by atoms with Crippen LogP contribution in [0.5, 0.6) is 0 Å². The molecule has 3 saturated heterocycles. The van der Waals surface area contributed by atoms with Crippen LogP contribution < -0.4 is 16.0 Å². The van der Waals surface area contributed by atoms with Crippen molar-refractivity contribution in [1.29, 1.82) is 0 Å². The first-order chi connectivity index (χ1) is 22.9. The number of carbonyl (C=O) groups excluding carboxylic acids is 3. The molecular weight excluding hydrogens is 670 g/mol. The Labute approximate surface area is 278 Å². The average Bonchev–Trinajstić information content (AvgIpc) is 3.02. The van der Waals surface area contributed by atoms with Crippen molar-refractivity contribution in [3.8, 4) is 0 Å². The van der Waals surface area contributed by atoms with Crippen LogP contribution in [0.2, 0.25) is 0 Å². The summed E-state index contributed by atoms with van der Waals surface area (Å²) in [6.45, 7) is 0.360. The summed E-state index contributed by atoms with van der Waals surface area (Å²) in [5.41, 5.74) is 0. The Bertz CT molecular complexity index is 1170. The molecule has 16 atom stereocenters. The van der Waals surface area contributed by atoms with Gasteiger partial charge in [-0.1, -0.05) is 0 Å². The molecule has 13 N–H and O–H groups in total. The summed E-state index contributed by atoms with van der Waals surface area (Å²) in [6, 6.07) is -4.60. The van der Waals surface area contributed by atoms with Crippen molar-refractivity contribution in [2.75, 3.05) is 19.8 Å². The van der Waals surface area contributed by atoms with Gasteiger partial charge in [0.05, 0.1) is 32.0 Å². The lowest BCUT2D eigenvalue weighted by molar-refractivity contribution is -0.342. The number of aliphatic carboxylic acids is 1. The number of carboxylic acid groups (broad SMARTS) is 1. The van der Waals surface area contributed by atoms with Crippen molar-refractivity contribution in [2.24, 2.45) is 0 Å². The summed E-state index contributed by atoms with van der Waals surface area (Å²) in [5.74, 6) is -6.92. The predicted molar refractivity (Wildman–Crippen MR) is 153 cm³/mol. The number of hydrogen-bond donors (Lipinski definition) is 13. The largest absolute Gasteiger partial charge is 0.477 e. The summed E-state index contributed by atoms with van der Waals surface area (Å²) in [7, 11) is 0. The van der Waals surface area contributed by atoms with Gasteiger partial charge in [-0.05, 0) is 0 Å². The molecule has 282 valence electrons. The van der Waals surface area contributed by atoms with Crippen LogP contribution in [0.4, 0.5) is 0 Å². The zero-order valence-electron chi connectivity index (χ0n) is 26.6. The van der Waals surface area contributed by atoms with Crippen LogP contribution in [0.1, 0.15) is 27.2 Å². The van der Waals surface area contributed by atoms with Crippen LogP contribution in [0.15, 0.2) is 0 Å². The smallest absolute Gasteiger partial charge is 0.364 e. The molecule has 0 saturated carbocycles. The van der Waals surface area contributed by atoms with E-state index in [1.165, 1.54) is 0 Å². The molecule has 3 fully saturated rings. The molecule has 0 spiro atoms. The summed E-state index contributed by atoms with van der Waals surface area (Å²) < 4.78 is 27.8. The van der Waals surface area contributed by atoms with E-state index in [4.69, 9.17) is 23.7 Å². The minimum Gasteiger partial charge on any atom is -0.477 e. The summed E-state index contributed by atoms with van der Waals surface area (Å²) in [4.78, 5) is 48.2. The lowest BCUT2D eigenvalue weighted by atomic mass is 9.88. The average molecular weight is 716 g/mol. The van der Waals surface area contributed by atoms with E-state index in [2.05, 4.69) is 16.0 Å². The standard InChI is InChI=1S/C27H45N3O19/c1-8(33)28-15-11(36)4-27(26(43)44,49-23(15)18(38)12(37)5-31)45-7-14-20(40)22(17(24(42)46-14)30-10(3)35)48-25-16(29-9(2)34)21(41)19(39)13(6-32)47-25/h11-25,31-32,36-42H,4-7H2,1-3H3,(H,28,33)(H,29,34)(H,30,35)(H,43,44)/t11-,12+,13+,14+,15+,16+,17+,18+,19-,20-,21+,22+,23+,24+,25+,27+/m0/s1. The molecule has 0 bridgehead atoms. The highest BCUT2D eigenvalue weighted by Gasteiger charge is 2.57. The third-order valence-electron chi connectivity index (χ3n) is 8.27. The number of carbonyl (C=O) groups is 4. The highest BCUT2D eigenvalue weighted by Crippen LogP contribution is 2.35. The fraction of sp³-hybridized carbons (Fsp3) is 0.852. The molecule has 0 aromatic carbocycles. The third-order valence-corrected chi connectivity index (χ3v) is 8.27. The molecule has 22 heteroatoms.